The second-order valence-corrected chi connectivity index (χ2v) is 4.25. The molecule has 0 aromatic heterocycles. The quantitative estimate of drug-likeness (QED) is 0.738. The molecular weight excluding hydrogens is 218 g/mol. The number of likely N-dealkylation sites (tertiary alicyclic amines) is 1. The number of carbonyl (C=O) groups is 2. The molecule has 4 nitrogen and oxygen atoms in total. The van der Waals surface area contributed by atoms with Crippen LogP contribution >= 0.6 is 0 Å². The van der Waals surface area contributed by atoms with Crippen molar-refractivity contribution >= 4 is 11.8 Å². The van der Waals surface area contributed by atoms with Gasteiger partial charge < -0.3 is 4.74 Å². The van der Waals surface area contributed by atoms with Crippen LogP contribution in [0.25, 0.3) is 0 Å². The average Bonchev–Trinajstić information content (AvgIpc) is 2.57. The highest BCUT2D eigenvalue weighted by atomic mass is 16.5. The Hall–Kier alpha value is -1.84. The summed E-state index contributed by atoms with van der Waals surface area (Å²) in [6.07, 6.45) is 0.901. The molecule has 0 radical (unpaired) electrons. The van der Waals surface area contributed by atoms with Crippen LogP contribution in [0.1, 0.15) is 12.0 Å². The van der Waals surface area contributed by atoms with Gasteiger partial charge in [-0.1, -0.05) is 12.1 Å². The summed E-state index contributed by atoms with van der Waals surface area (Å²) in [6, 6.07) is 7.59. The van der Waals surface area contributed by atoms with Crippen molar-refractivity contribution in [2.45, 2.75) is 12.8 Å². The first-order chi connectivity index (χ1) is 8.11. The van der Waals surface area contributed by atoms with Crippen molar-refractivity contribution in [1.82, 2.24) is 4.90 Å². The summed E-state index contributed by atoms with van der Waals surface area (Å²) < 4.78 is 5.13. The summed E-state index contributed by atoms with van der Waals surface area (Å²) in [5, 5.41) is 0. The minimum atomic E-state index is -0.223. The lowest BCUT2D eigenvalue weighted by Gasteiger charge is -2.09. The molecule has 1 aromatic rings. The fraction of sp³-hybridized carbons (Fsp3) is 0.385. The van der Waals surface area contributed by atoms with E-state index in [2.05, 4.69) is 0 Å². The van der Waals surface area contributed by atoms with Crippen molar-refractivity contribution in [1.29, 1.82) is 0 Å². The van der Waals surface area contributed by atoms with Crippen LogP contribution < -0.4 is 4.74 Å². The predicted octanol–water partition coefficient (Wildman–Crippen LogP) is 1.24. The molecule has 4 heteroatoms. The molecule has 1 atom stereocenters. The van der Waals surface area contributed by atoms with Crippen LogP contribution in [0, 0.1) is 5.92 Å². The number of hydrogen-bond donors (Lipinski definition) is 0. The number of ether oxygens (including phenoxy) is 1. The van der Waals surface area contributed by atoms with Crippen LogP contribution in [0.2, 0.25) is 0 Å². The van der Waals surface area contributed by atoms with E-state index in [-0.39, 0.29) is 17.7 Å². The van der Waals surface area contributed by atoms with Crippen LogP contribution in [0.4, 0.5) is 0 Å². The molecule has 17 heavy (non-hydrogen) atoms. The van der Waals surface area contributed by atoms with Gasteiger partial charge in [-0.15, -0.1) is 0 Å². The van der Waals surface area contributed by atoms with E-state index in [1.54, 1.807) is 7.11 Å². The number of imide groups is 1. The van der Waals surface area contributed by atoms with Gasteiger partial charge in [-0.25, -0.2) is 0 Å². The molecule has 0 spiro atoms. The molecule has 2 amide bonds. The fourth-order valence-corrected chi connectivity index (χ4v) is 2.08. The monoisotopic (exact) mass is 233 g/mol. The Bertz CT molecular complexity index is 456. The molecule has 1 heterocycles. The Morgan fingerprint density at radius 3 is 2.76 bits per heavy atom. The van der Waals surface area contributed by atoms with Gasteiger partial charge in [-0.05, 0) is 24.1 Å². The van der Waals surface area contributed by atoms with E-state index in [0.717, 1.165) is 11.3 Å². The molecule has 0 aliphatic carbocycles. The Labute approximate surface area is 100 Å². The zero-order valence-corrected chi connectivity index (χ0v) is 9.97. The Morgan fingerprint density at radius 1 is 1.41 bits per heavy atom. The van der Waals surface area contributed by atoms with Gasteiger partial charge in [0, 0.05) is 13.5 Å². The van der Waals surface area contributed by atoms with Crippen LogP contribution in [-0.4, -0.2) is 30.9 Å². The standard InChI is InChI=1S/C13H15NO3/c1-14-12(15)8-10(13(14)16)6-9-4-3-5-11(7-9)17-2/h3-5,7,10H,6,8H2,1-2H3. The minimum absolute atomic E-state index is 0.0854. The van der Waals surface area contributed by atoms with Gasteiger partial charge >= 0.3 is 0 Å². The topological polar surface area (TPSA) is 46.6 Å². The SMILES string of the molecule is COc1cccc(CC2CC(=O)N(C)C2=O)c1. The summed E-state index contributed by atoms with van der Waals surface area (Å²) in [5.74, 6) is 0.368. The lowest BCUT2D eigenvalue weighted by Crippen LogP contribution is -2.26. The zero-order chi connectivity index (χ0) is 12.4. The van der Waals surface area contributed by atoms with E-state index >= 15 is 0 Å². The molecule has 90 valence electrons. The van der Waals surface area contributed by atoms with Gasteiger partial charge in [0.25, 0.3) is 0 Å². The van der Waals surface area contributed by atoms with E-state index < -0.39 is 0 Å². The first kappa shape index (κ1) is 11.6. The third kappa shape index (κ3) is 2.30. The molecule has 1 unspecified atom stereocenters. The molecule has 1 aliphatic rings. The molecule has 0 N–H and O–H groups in total. The van der Waals surface area contributed by atoms with E-state index in [0.29, 0.717) is 12.8 Å². The van der Waals surface area contributed by atoms with Crippen molar-refractivity contribution in [3.05, 3.63) is 29.8 Å². The number of rotatable bonds is 3. The minimum Gasteiger partial charge on any atom is -0.497 e. The normalized spacial score (nSPS) is 19.9. The number of benzene rings is 1. The van der Waals surface area contributed by atoms with E-state index in [4.69, 9.17) is 4.74 Å². The van der Waals surface area contributed by atoms with E-state index in [1.165, 1.54) is 11.9 Å². The molecule has 1 fully saturated rings. The van der Waals surface area contributed by atoms with Gasteiger partial charge in [0.15, 0.2) is 0 Å². The maximum Gasteiger partial charge on any atom is 0.232 e. The summed E-state index contributed by atoms with van der Waals surface area (Å²) in [6.45, 7) is 0. The molecule has 1 aromatic carbocycles. The lowest BCUT2D eigenvalue weighted by molar-refractivity contribution is -0.137. The van der Waals surface area contributed by atoms with Crippen LogP contribution in [0.5, 0.6) is 5.75 Å². The largest absolute Gasteiger partial charge is 0.497 e. The molecule has 1 saturated heterocycles. The number of methoxy groups -OCH3 is 1. The van der Waals surface area contributed by atoms with Gasteiger partial charge in [-0.2, -0.15) is 0 Å². The molecule has 0 saturated carbocycles. The maximum atomic E-state index is 11.7. The van der Waals surface area contributed by atoms with Crippen molar-refractivity contribution in [2.24, 2.45) is 5.92 Å². The maximum absolute atomic E-state index is 11.7. The molecule has 0 bridgehead atoms. The third-order valence-electron chi connectivity index (χ3n) is 3.09. The Morgan fingerprint density at radius 2 is 2.18 bits per heavy atom. The van der Waals surface area contributed by atoms with Crippen molar-refractivity contribution in [2.75, 3.05) is 14.2 Å². The predicted molar refractivity (Wildman–Crippen MR) is 62.6 cm³/mol. The zero-order valence-electron chi connectivity index (χ0n) is 9.97. The number of hydrogen-bond acceptors (Lipinski definition) is 3. The highest BCUT2D eigenvalue weighted by Gasteiger charge is 2.35. The summed E-state index contributed by atoms with van der Waals surface area (Å²) in [4.78, 5) is 24.4. The second kappa shape index (κ2) is 4.57. The number of nitrogens with zero attached hydrogens (tertiary/aromatic N) is 1. The average molecular weight is 233 g/mol. The fourth-order valence-electron chi connectivity index (χ4n) is 2.08. The molecular formula is C13H15NO3. The summed E-state index contributed by atoms with van der Waals surface area (Å²) in [7, 11) is 3.15. The summed E-state index contributed by atoms with van der Waals surface area (Å²) >= 11 is 0. The van der Waals surface area contributed by atoms with Crippen LogP contribution in [-0.2, 0) is 16.0 Å². The highest BCUT2D eigenvalue weighted by molar-refractivity contribution is 6.03. The lowest BCUT2D eigenvalue weighted by atomic mass is 9.98. The number of carbonyl (C=O) groups excluding carboxylic acids is 2. The first-order valence-electron chi connectivity index (χ1n) is 5.55. The van der Waals surface area contributed by atoms with Crippen molar-refractivity contribution in [3.8, 4) is 5.75 Å². The summed E-state index contributed by atoms with van der Waals surface area (Å²) in [5.41, 5.74) is 1.02. The second-order valence-electron chi connectivity index (χ2n) is 4.25. The molecule has 2 rings (SSSR count). The van der Waals surface area contributed by atoms with Crippen LogP contribution in [0.3, 0.4) is 0 Å². The Kier molecular flexibility index (Phi) is 3.13. The van der Waals surface area contributed by atoms with Gasteiger partial charge in [-0.3, -0.25) is 14.5 Å². The van der Waals surface area contributed by atoms with Gasteiger partial charge in [0.1, 0.15) is 5.75 Å². The van der Waals surface area contributed by atoms with Gasteiger partial charge in [0.05, 0.1) is 13.0 Å². The van der Waals surface area contributed by atoms with Crippen molar-refractivity contribution < 1.29 is 14.3 Å². The highest BCUT2D eigenvalue weighted by Crippen LogP contribution is 2.23. The van der Waals surface area contributed by atoms with Gasteiger partial charge in [0.2, 0.25) is 11.8 Å². The van der Waals surface area contributed by atoms with E-state index in [9.17, 15) is 9.59 Å². The smallest absolute Gasteiger partial charge is 0.232 e. The third-order valence-corrected chi connectivity index (χ3v) is 3.09. The first-order valence-corrected chi connectivity index (χ1v) is 5.55. The van der Waals surface area contributed by atoms with Crippen molar-refractivity contribution in [3.63, 3.8) is 0 Å². The van der Waals surface area contributed by atoms with E-state index in [1.807, 2.05) is 24.3 Å². The molecule has 1 aliphatic heterocycles. The van der Waals surface area contributed by atoms with Crippen LogP contribution in [0.15, 0.2) is 24.3 Å². The Balaban J connectivity index is 2.11. The number of amides is 2.